The topological polar surface area (TPSA) is 31.0 Å². The van der Waals surface area contributed by atoms with Crippen LogP contribution in [0.3, 0.4) is 0 Å². The van der Waals surface area contributed by atoms with Crippen LogP contribution in [0.25, 0.3) is 0 Å². The number of epoxide rings is 1. The quantitative estimate of drug-likeness (QED) is 0.426. The van der Waals surface area contributed by atoms with Crippen LogP contribution < -0.4 is 0 Å². The van der Waals surface area contributed by atoms with Gasteiger partial charge < -0.3 is 14.2 Å². The number of rotatable bonds is 6. The van der Waals surface area contributed by atoms with Gasteiger partial charge in [-0.3, -0.25) is 0 Å². The molecule has 2 unspecified atom stereocenters. The summed E-state index contributed by atoms with van der Waals surface area (Å²) in [5.74, 6) is 0. The van der Waals surface area contributed by atoms with E-state index in [0.29, 0.717) is 19.3 Å². The highest BCUT2D eigenvalue weighted by Gasteiger charge is 2.23. The third kappa shape index (κ3) is 4.01. The summed E-state index contributed by atoms with van der Waals surface area (Å²) in [5, 5.41) is 0. The molecule has 1 fully saturated rings. The lowest BCUT2D eigenvalue weighted by Crippen LogP contribution is -2.17. The van der Waals surface area contributed by atoms with Crippen molar-refractivity contribution in [2.24, 2.45) is 0 Å². The Morgan fingerprint density at radius 1 is 1.82 bits per heavy atom. The Labute approximate surface area is 66.9 Å². The van der Waals surface area contributed by atoms with Crippen LogP contribution in [-0.2, 0) is 14.2 Å². The van der Waals surface area contributed by atoms with Crippen molar-refractivity contribution in [2.45, 2.75) is 19.1 Å². The fourth-order valence-electron chi connectivity index (χ4n) is 0.688. The first-order valence-electron chi connectivity index (χ1n) is 3.78. The molecule has 3 nitrogen and oxygen atoms in total. The molecule has 11 heavy (non-hydrogen) atoms. The van der Waals surface area contributed by atoms with Crippen molar-refractivity contribution in [1.29, 1.82) is 0 Å². The zero-order chi connectivity index (χ0) is 8.10. The van der Waals surface area contributed by atoms with Gasteiger partial charge in [0, 0.05) is 0 Å². The number of hydrogen-bond acceptors (Lipinski definition) is 3. The summed E-state index contributed by atoms with van der Waals surface area (Å²) in [4.78, 5) is 0. The van der Waals surface area contributed by atoms with E-state index in [9.17, 15) is 0 Å². The van der Waals surface area contributed by atoms with Gasteiger partial charge in [0.25, 0.3) is 0 Å². The second kappa shape index (κ2) is 4.36. The normalized spacial score (nSPS) is 24.3. The van der Waals surface area contributed by atoms with E-state index in [1.54, 1.807) is 0 Å². The Morgan fingerprint density at radius 2 is 2.55 bits per heavy atom. The van der Waals surface area contributed by atoms with E-state index in [0.717, 1.165) is 6.61 Å². The van der Waals surface area contributed by atoms with Crippen molar-refractivity contribution in [3.05, 3.63) is 12.8 Å². The number of hydrogen-bond donors (Lipinski definition) is 0. The molecule has 0 N–H and O–H groups in total. The summed E-state index contributed by atoms with van der Waals surface area (Å²) in [6.45, 7) is 7.49. The highest BCUT2D eigenvalue weighted by Crippen LogP contribution is 2.09. The van der Waals surface area contributed by atoms with Crippen molar-refractivity contribution >= 4 is 0 Å². The van der Waals surface area contributed by atoms with Gasteiger partial charge in [-0.2, -0.15) is 0 Å². The molecule has 1 heterocycles. The summed E-state index contributed by atoms with van der Waals surface area (Å²) in [6, 6.07) is 0. The second-order valence-electron chi connectivity index (χ2n) is 2.60. The fourth-order valence-corrected chi connectivity index (χ4v) is 0.688. The Bertz CT molecular complexity index is 121. The predicted octanol–water partition coefficient (Wildman–Crippen LogP) is 0.950. The summed E-state index contributed by atoms with van der Waals surface area (Å²) < 4.78 is 15.3. The minimum atomic E-state index is 0.122. The smallest absolute Gasteiger partial charge is 0.113 e. The standard InChI is InChI=1S/C8H14O3/c1-3-9-4-7(2)10-5-8-6-11-8/h3,7-8H,1,4-6H2,2H3. The summed E-state index contributed by atoms with van der Waals surface area (Å²) >= 11 is 0. The van der Waals surface area contributed by atoms with E-state index in [-0.39, 0.29) is 6.10 Å². The molecule has 0 saturated carbocycles. The summed E-state index contributed by atoms with van der Waals surface area (Å²) in [7, 11) is 0. The summed E-state index contributed by atoms with van der Waals surface area (Å²) in [5.41, 5.74) is 0. The van der Waals surface area contributed by atoms with E-state index in [4.69, 9.17) is 14.2 Å². The van der Waals surface area contributed by atoms with Gasteiger partial charge in [0.1, 0.15) is 12.7 Å². The summed E-state index contributed by atoms with van der Waals surface area (Å²) in [6.07, 6.45) is 1.88. The average molecular weight is 158 g/mol. The van der Waals surface area contributed by atoms with E-state index in [1.807, 2.05) is 6.92 Å². The molecule has 0 amide bonds. The lowest BCUT2D eigenvalue weighted by atomic mass is 10.4. The molecule has 1 aliphatic rings. The van der Waals surface area contributed by atoms with Crippen LogP contribution in [0.5, 0.6) is 0 Å². The third-order valence-corrected chi connectivity index (χ3v) is 1.42. The van der Waals surface area contributed by atoms with Crippen LogP contribution in [0.4, 0.5) is 0 Å². The molecular formula is C8H14O3. The maximum absolute atomic E-state index is 5.37. The van der Waals surface area contributed by atoms with Crippen molar-refractivity contribution in [3.63, 3.8) is 0 Å². The van der Waals surface area contributed by atoms with Crippen LogP contribution in [-0.4, -0.2) is 32.0 Å². The van der Waals surface area contributed by atoms with Crippen LogP contribution in [0, 0.1) is 0 Å². The van der Waals surface area contributed by atoms with Crippen molar-refractivity contribution in [3.8, 4) is 0 Å². The molecule has 0 bridgehead atoms. The van der Waals surface area contributed by atoms with E-state index in [1.165, 1.54) is 6.26 Å². The molecule has 1 rings (SSSR count). The molecule has 64 valence electrons. The molecule has 2 atom stereocenters. The van der Waals surface area contributed by atoms with Crippen molar-refractivity contribution in [1.82, 2.24) is 0 Å². The van der Waals surface area contributed by atoms with Crippen LogP contribution >= 0.6 is 0 Å². The first kappa shape index (κ1) is 8.56. The van der Waals surface area contributed by atoms with Gasteiger partial charge in [-0.05, 0) is 6.92 Å². The molecular weight excluding hydrogens is 144 g/mol. The fraction of sp³-hybridized carbons (Fsp3) is 0.750. The SMILES string of the molecule is C=COCC(C)OCC1CO1. The zero-order valence-electron chi connectivity index (χ0n) is 6.79. The molecule has 0 aromatic rings. The van der Waals surface area contributed by atoms with Gasteiger partial charge in [0.05, 0.1) is 25.6 Å². The lowest BCUT2D eigenvalue weighted by molar-refractivity contribution is 0.0129. The lowest BCUT2D eigenvalue weighted by Gasteiger charge is -2.10. The van der Waals surface area contributed by atoms with Crippen molar-refractivity contribution in [2.75, 3.05) is 19.8 Å². The van der Waals surface area contributed by atoms with Gasteiger partial charge in [0.15, 0.2) is 0 Å². The highest BCUT2D eigenvalue weighted by molar-refractivity contribution is 4.68. The zero-order valence-corrected chi connectivity index (χ0v) is 6.79. The molecule has 0 aromatic carbocycles. The predicted molar refractivity (Wildman–Crippen MR) is 41.3 cm³/mol. The van der Waals surface area contributed by atoms with E-state index >= 15 is 0 Å². The highest BCUT2D eigenvalue weighted by atomic mass is 16.6. The minimum Gasteiger partial charge on any atom is -0.499 e. The maximum atomic E-state index is 5.37. The Hall–Kier alpha value is -0.540. The van der Waals surface area contributed by atoms with E-state index in [2.05, 4.69) is 6.58 Å². The van der Waals surface area contributed by atoms with Gasteiger partial charge in [-0.15, -0.1) is 0 Å². The maximum Gasteiger partial charge on any atom is 0.113 e. The molecule has 0 radical (unpaired) electrons. The molecule has 3 heteroatoms. The molecule has 0 spiro atoms. The van der Waals surface area contributed by atoms with Crippen LogP contribution in [0.1, 0.15) is 6.92 Å². The van der Waals surface area contributed by atoms with Gasteiger partial charge in [0.2, 0.25) is 0 Å². The minimum absolute atomic E-state index is 0.122. The molecule has 1 saturated heterocycles. The molecule has 1 aliphatic heterocycles. The van der Waals surface area contributed by atoms with Crippen LogP contribution in [0.2, 0.25) is 0 Å². The van der Waals surface area contributed by atoms with Crippen molar-refractivity contribution < 1.29 is 14.2 Å². The Kier molecular flexibility index (Phi) is 3.39. The second-order valence-corrected chi connectivity index (χ2v) is 2.60. The average Bonchev–Trinajstić information content (AvgIpc) is 2.80. The molecule has 0 aliphatic carbocycles. The van der Waals surface area contributed by atoms with Crippen LogP contribution in [0.15, 0.2) is 12.8 Å². The first-order chi connectivity index (χ1) is 5.33. The Morgan fingerprint density at radius 3 is 3.09 bits per heavy atom. The van der Waals surface area contributed by atoms with Gasteiger partial charge in [-0.25, -0.2) is 0 Å². The Balaban J connectivity index is 1.90. The number of ether oxygens (including phenoxy) is 3. The van der Waals surface area contributed by atoms with E-state index < -0.39 is 0 Å². The molecule has 0 aromatic heterocycles. The largest absolute Gasteiger partial charge is 0.499 e. The van der Waals surface area contributed by atoms with Gasteiger partial charge in [-0.1, -0.05) is 6.58 Å². The monoisotopic (exact) mass is 158 g/mol. The van der Waals surface area contributed by atoms with Gasteiger partial charge >= 0.3 is 0 Å². The third-order valence-electron chi connectivity index (χ3n) is 1.42. The first-order valence-corrected chi connectivity index (χ1v) is 3.78.